The number of allylic oxidation sites excluding steroid dienone is 1. The summed E-state index contributed by atoms with van der Waals surface area (Å²) >= 11 is 0. The van der Waals surface area contributed by atoms with Crippen LogP contribution in [0.15, 0.2) is 35.1 Å². The minimum absolute atomic E-state index is 0.00936. The first-order valence-corrected chi connectivity index (χ1v) is 10.8. The summed E-state index contributed by atoms with van der Waals surface area (Å²) in [7, 11) is -4.25. The number of carbonyl (C=O) groups is 1. The van der Waals surface area contributed by atoms with Gasteiger partial charge >= 0.3 is 6.03 Å². The number of urea groups is 1. The van der Waals surface area contributed by atoms with E-state index < -0.39 is 21.0 Å². The van der Waals surface area contributed by atoms with E-state index in [2.05, 4.69) is 10.6 Å². The summed E-state index contributed by atoms with van der Waals surface area (Å²) in [5.74, 6) is -0.00936. The van der Waals surface area contributed by atoms with Gasteiger partial charge < -0.3 is 20.8 Å². The molecule has 28 heavy (non-hydrogen) atoms. The highest BCUT2D eigenvalue weighted by Gasteiger charge is 2.37. The van der Waals surface area contributed by atoms with Crippen LogP contribution in [-0.4, -0.2) is 33.8 Å². The quantitative estimate of drug-likeness (QED) is 0.571. The van der Waals surface area contributed by atoms with E-state index in [0.29, 0.717) is 19.4 Å². The zero-order valence-electron chi connectivity index (χ0n) is 16.0. The number of hydrogen-bond acceptors (Lipinski definition) is 6. The van der Waals surface area contributed by atoms with Crippen LogP contribution in [0.5, 0.6) is 0 Å². The molecule has 1 saturated heterocycles. The first kappa shape index (κ1) is 20.2. The van der Waals surface area contributed by atoms with Crippen LogP contribution in [-0.2, 0) is 21.2 Å². The zero-order chi connectivity index (χ0) is 20.4. The Hall–Kier alpha value is -2.55. The largest absolute Gasteiger partial charge is 0.478 e. The van der Waals surface area contributed by atoms with Gasteiger partial charge in [-0.05, 0) is 35.8 Å². The van der Waals surface area contributed by atoms with Crippen LogP contribution in [0.4, 0.5) is 4.79 Å². The van der Waals surface area contributed by atoms with Crippen molar-refractivity contribution in [2.75, 3.05) is 13.2 Å². The molecule has 1 fully saturated rings. The number of aryl methyl sites for hydroxylation is 1. The van der Waals surface area contributed by atoms with Crippen molar-refractivity contribution in [3.8, 4) is 0 Å². The molecule has 1 unspecified atom stereocenters. The van der Waals surface area contributed by atoms with Crippen molar-refractivity contribution in [2.45, 2.75) is 39.2 Å². The molecule has 1 heterocycles. The lowest BCUT2D eigenvalue weighted by molar-refractivity contribution is 0.157. The van der Waals surface area contributed by atoms with E-state index >= 15 is 0 Å². The first-order valence-electron chi connectivity index (χ1n) is 9.27. The Morgan fingerprint density at radius 2 is 2.11 bits per heavy atom. The van der Waals surface area contributed by atoms with Crippen molar-refractivity contribution in [3.05, 3.63) is 46.2 Å². The Balaban J connectivity index is 1.80. The third kappa shape index (κ3) is 4.14. The fourth-order valence-corrected chi connectivity index (χ4v) is 4.54. The van der Waals surface area contributed by atoms with E-state index in [1.54, 1.807) is 0 Å². The van der Waals surface area contributed by atoms with Crippen molar-refractivity contribution in [1.29, 1.82) is 5.41 Å². The van der Waals surface area contributed by atoms with Crippen LogP contribution in [0.25, 0.3) is 0 Å². The van der Waals surface area contributed by atoms with E-state index in [4.69, 9.17) is 10.1 Å². The molecule has 2 amide bonds. The molecule has 1 aromatic rings. The fourth-order valence-electron chi connectivity index (χ4n) is 3.60. The highest BCUT2D eigenvalue weighted by Crippen LogP contribution is 2.43. The summed E-state index contributed by atoms with van der Waals surface area (Å²) in [6.07, 6.45) is 3.19. The minimum atomic E-state index is -4.25. The zero-order valence-corrected chi connectivity index (χ0v) is 16.9. The highest BCUT2D eigenvalue weighted by atomic mass is 32.2. The number of ether oxygens (including phenoxy) is 1. The predicted octanol–water partition coefficient (Wildman–Crippen LogP) is 2.16. The Labute approximate surface area is 165 Å². The number of amides is 2. The normalized spacial score (nSPS) is 22.7. The lowest BCUT2D eigenvalue weighted by Crippen LogP contribution is -2.47. The average molecular weight is 407 g/mol. The van der Waals surface area contributed by atoms with Crippen LogP contribution < -0.4 is 15.4 Å². The Bertz CT molecular complexity index is 900. The maximum absolute atomic E-state index is 12.6. The van der Waals surface area contributed by atoms with Gasteiger partial charge in [-0.3, -0.25) is 0 Å². The minimum Gasteiger partial charge on any atom is -0.478 e. The van der Waals surface area contributed by atoms with Gasteiger partial charge in [-0.25, -0.2) is 17.9 Å². The maximum atomic E-state index is 12.6. The molecule has 1 aliphatic carbocycles. The van der Waals surface area contributed by atoms with Crippen LogP contribution >= 0.6 is 0 Å². The van der Waals surface area contributed by atoms with Crippen molar-refractivity contribution >= 4 is 22.3 Å². The summed E-state index contributed by atoms with van der Waals surface area (Å²) in [6, 6.07) is 6.70. The van der Waals surface area contributed by atoms with Crippen molar-refractivity contribution in [1.82, 2.24) is 15.4 Å². The van der Waals surface area contributed by atoms with Gasteiger partial charge in [0.1, 0.15) is 0 Å². The molecule has 2 aliphatic rings. The Morgan fingerprint density at radius 3 is 2.79 bits per heavy atom. The van der Waals surface area contributed by atoms with Gasteiger partial charge in [0.15, 0.2) is 4.91 Å². The molecule has 0 spiro atoms. The number of rotatable bonds is 4. The fraction of sp³-hybridized carbons (Fsp3) is 0.474. The van der Waals surface area contributed by atoms with E-state index in [1.165, 1.54) is 0 Å². The lowest BCUT2D eigenvalue weighted by Gasteiger charge is -2.40. The maximum Gasteiger partial charge on any atom is 0.329 e. The molecule has 152 valence electrons. The molecule has 0 bridgehead atoms. The molecule has 0 radical (unpaired) electrons. The van der Waals surface area contributed by atoms with Crippen molar-refractivity contribution in [2.24, 2.45) is 5.41 Å². The summed E-state index contributed by atoms with van der Waals surface area (Å²) in [5, 5.41) is 13.1. The molecule has 1 aromatic carbocycles. The first-order chi connectivity index (χ1) is 13.2. The molecular weight excluding hydrogens is 380 g/mol. The second-order valence-corrected chi connectivity index (χ2v) is 9.32. The molecule has 1 aliphatic heterocycles. The predicted molar refractivity (Wildman–Crippen MR) is 106 cm³/mol. The lowest BCUT2D eigenvalue weighted by atomic mass is 9.70. The number of sulfonamides is 1. The molecule has 9 heteroatoms. The summed E-state index contributed by atoms with van der Waals surface area (Å²) < 4.78 is 32.5. The number of benzene rings is 1. The SMILES string of the molecule is CC1(C)CCc2ccccc2C1NC(=O)NS(=O)(=O)/C(C=N)=C1/NCCCO1. The van der Waals surface area contributed by atoms with E-state index in [1.807, 2.05) is 42.8 Å². The van der Waals surface area contributed by atoms with Gasteiger partial charge in [-0.15, -0.1) is 0 Å². The molecular formula is C19H26N4O4S. The average Bonchev–Trinajstić information content (AvgIpc) is 2.65. The van der Waals surface area contributed by atoms with Gasteiger partial charge in [0.25, 0.3) is 10.0 Å². The molecule has 0 saturated carbocycles. The number of nitrogens with one attached hydrogen (secondary N) is 4. The number of carbonyl (C=O) groups excluding carboxylic acids is 1. The summed E-state index contributed by atoms with van der Waals surface area (Å²) in [4.78, 5) is 12.2. The van der Waals surface area contributed by atoms with E-state index in [-0.39, 0.29) is 17.3 Å². The monoisotopic (exact) mass is 406 g/mol. The Kier molecular flexibility index (Phi) is 5.64. The van der Waals surface area contributed by atoms with Crippen molar-refractivity contribution < 1.29 is 17.9 Å². The summed E-state index contributed by atoms with van der Waals surface area (Å²) in [5.41, 5.74) is 1.91. The number of fused-ring (bicyclic) bond motifs is 1. The molecule has 1 atom stereocenters. The molecule has 4 N–H and O–H groups in total. The van der Waals surface area contributed by atoms with Crippen LogP contribution in [0.3, 0.4) is 0 Å². The van der Waals surface area contributed by atoms with E-state index in [9.17, 15) is 13.2 Å². The van der Waals surface area contributed by atoms with E-state index in [0.717, 1.165) is 30.4 Å². The topological polar surface area (TPSA) is 120 Å². The van der Waals surface area contributed by atoms with Crippen LogP contribution in [0.1, 0.15) is 43.9 Å². The Morgan fingerprint density at radius 1 is 1.36 bits per heavy atom. The van der Waals surface area contributed by atoms with Gasteiger partial charge in [-0.2, -0.15) is 0 Å². The smallest absolute Gasteiger partial charge is 0.329 e. The highest BCUT2D eigenvalue weighted by molar-refractivity contribution is 7.94. The molecule has 0 aromatic heterocycles. The van der Waals surface area contributed by atoms with Gasteiger partial charge in [0.05, 0.1) is 12.6 Å². The standard InChI is InChI=1S/C19H26N4O4S/c1-19(2)9-8-13-6-3-4-7-14(13)16(19)22-18(24)23-28(25,26)15(12-20)17-21-10-5-11-27-17/h3-4,6-7,12,16,20-21H,5,8-11H2,1-2H3,(H2,22,23,24)/b17-15-,20-12?. The summed E-state index contributed by atoms with van der Waals surface area (Å²) in [6.45, 7) is 5.00. The second-order valence-electron chi connectivity index (χ2n) is 7.67. The third-order valence-corrected chi connectivity index (χ3v) is 6.52. The van der Waals surface area contributed by atoms with Gasteiger partial charge in [-0.1, -0.05) is 38.1 Å². The van der Waals surface area contributed by atoms with Crippen LogP contribution in [0.2, 0.25) is 0 Å². The molecule has 3 rings (SSSR count). The van der Waals surface area contributed by atoms with Crippen LogP contribution in [0, 0.1) is 10.8 Å². The third-order valence-electron chi connectivity index (χ3n) is 5.19. The molecule has 8 nitrogen and oxygen atoms in total. The van der Waals surface area contributed by atoms with Gasteiger partial charge in [0, 0.05) is 12.8 Å². The second kappa shape index (κ2) is 7.83. The van der Waals surface area contributed by atoms with Crippen molar-refractivity contribution in [3.63, 3.8) is 0 Å². The van der Waals surface area contributed by atoms with Gasteiger partial charge in [0.2, 0.25) is 5.88 Å². The number of hydrogen-bond donors (Lipinski definition) is 4.